The summed E-state index contributed by atoms with van der Waals surface area (Å²) in [4.78, 5) is 15.7. The lowest BCUT2D eigenvalue weighted by Crippen LogP contribution is -2.44. The molecule has 15 heavy (non-hydrogen) atoms. The van der Waals surface area contributed by atoms with Crippen LogP contribution in [0.5, 0.6) is 0 Å². The molecule has 0 bridgehead atoms. The van der Waals surface area contributed by atoms with Gasteiger partial charge in [-0.15, -0.1) is 0 Å². The van der Waals surface area contributed by atoms with Crippen molar-refractivity contribution in [1.82, 2.24) is 9.80 Å². The van der Waals surface area contributed by atoms with Crippen LogP contribution < -0.4 is 5.73 Å². The second-order valence-electron chi connectivity index (χ2n) is 4.45. The fourth-order valence-corrected chi connectivity index (χ4v) is 2.14. The van der Waals surface area contributed by atoms with Crippen LogP contribution in [-0.2, 0) is 4.79 Å². The topological polar surface area (TPSA) is 49.6 Å². The predicted molar refractivity (Wildman–Crippen MR) is 61.5 cm³/mol. The van der Waals surface area contributed by atoms with Crippen molar-refractivity contribution < 1.29 is 4.79 Å². The van der Waals surface area contributed by atoms with E-state index >= 15 is 0 Å². The number of carbonyl (C=O) groups excluding carboxylic acids is 1. The van der Waals surface area contributed by atoms with Gasteiger partial charge in [0, 0.05) is 26.2 Å². The molecule has 1 fully saturated rings. The highest BCUT2D eigenvalue weighted by molar-refractivity contribution is 5.78. The highest BCUT2D eigenvalue weighted by Gasteiger charge is 2.31. The van der Waals surface area contributed by atoms with E-state index < -0.39 is 0 Å². The van der Waals surface area contributed by atoms with Crippen molar-refractivity contribution in [2.24, 2.45) is 11.7 Å². The number of carbonyl (C=O) groups is 1. The number of likely N-dealkylation sites (N-methyl/N-ethyl adjacent to an activating group) is 1. The van der Waals surface area contributed by atoms with E-state index in [1.165, 1.54) is 0 Å². The zero-order valence-electron chi connectivity index (χ0n) is 10.1. The van der Waals surface area contributed by atoms with Crippen LogP contribution in [-0.4, -0.2) is 55.0 Å². The minimum atomic E-state index is 0.199. The lowest BCUT2D eigenvalue weighted by molar-refractivity contribution is -0.131. The van der Waals surface area contributed by atoms with Gasteiger partial charge in [-0.05, 0) is 25.8 Å². The summed E-state index contributed by atoms with van der Waals surface area (Å²) in [5.74, 6) is 0.819. The lowest BCUT2D eigenvalue weighted by Gasteiger charge is -2.26. The molecule has 0 aromatic carbocycles. The van der Waals surface area contributed by atoms with E-state index in [-0.39, 0.29) is 5.91 Å². The summed E-state index contributed by atoms with van der Waals surface area (Å²) >= 11 is 0. The number of nitrogens with two attached hydrogens (primary N) is 1. The first kappa shape index (κ1) is 12.5. The number of rotatable bonds is 4. The third-order valence-corrected chi connectivity index (χ3v) is 3.48. The van der Waals surface area contributed by atoms with Crippen LogP contribution in [0.3, 0.4) is 0 Å². The molecule has 1 amide bonds. The average molecular weight is 213 g/mol. The molecule has 0 aliphatic carbocycles. The lowest BCUT2D eigenvalue weighted by atomic mass is 10.0. The smallest absolute Gasteiger partial charge is 0.236 e. The minimum absolute atomic E-state index is 0.199. The van der Waals surface area contributed by atoms with Crippen molar-refractivity contribution in [3.05, 3.63) is 0 Å². The summed E-state index contributed by atoms with van der Waals surface area (Å²) in [5, 5.41) is 0. The average Bonchev–Trinajstić information content (AvgIpc) is 2.57. The minimum Gasteiger partial charge on any atom is -0.345 e. The van der Waals surface area contributed by atoms with E-state index in [4.69, 9.17) is 5.73 Å². The van der Waals surface area contributed by atoms with Crippen molar-refractivity contribution in [2.75, 3.05) is 33.2 Å². The molecule has 0 saturated carbocycles. The van der Waals surface area contributed by atoms with E-state index in [0.29, 0.717) is 25.0 Å². The molecule has 0 spiro atoms. The summed E-state index contributed by atoms with van der Waals surface area (Å²) in [6, 6.07) is 0.388. The Balaban J connectivity index is 2.48. The molecule has 1 aliphatic rings. The highest BCUT2D eigenvalue weighted by Crippen LogP contribution is 2.22. The van der Waals surface area contributed by atoms with Gasteiger partial charge in [0.1, 0.15) is 0 Å². The predicted octanol–water partition coefficient (Wildman–Crippen LogP) is 0.134. The normalized spacial score (nSPS) is 26.9. The van der Waals surface area contributed by atoms with Gasteiger partial charge in [-0.1, -0.05) is 6.92 Å². The van der Waals surface area contributed by atoms with Crippen LogP contribution in [0.25, 0.3) is 0 Å². The summed E-state index contributed by atoms with van der Waals surface area (Å²) < 4.78 is 0. The molecule has 2 atom stereocenters. The fraction of sp³-hybridized carbons (Fsp3) is 0.909. The molecule has 2 N–H and O–H groups in total. The van der Waals surface area contributed by atoms with Gasteiger partial charge in [-0.3, -0.25) is 9.69 Å². The number of hydrogen-bond acceptors (Lipinski definition) is 3. The molecule has 0 aromatic rings. The molecular formula is C11H23N3O. The molecule has 1 heterocycles. The number of likely N-dealkylation sites (tertiary alicyclic amines) is 1. The van der Waals surface area contributed by atoms with E-state index in [9.17, 15) is 4.79 Å². The van der Waals surface area contributed by atoms with Crippen molar-refractivity contribution in [3.63, 3.8) is 0 Å². The number of nitrogens with zero attached hydrogens (tertiary/aromatic N) is 2. The van der Waals surface area contributed by atoms with E-state index in [1.54, 1.807) is 4.90 Å². The molecule has 1 aliphatic heterocycles. The van der Waals surface area contributed by atoms with Crippen LogP contribution in [0, 0.1) is 5.92 Å². The zero-order chi connectivity index (χ0) is 11.4. The van der Waals surface area contributed by atoms with Crippen molar-refractivity contribution in [2.45, 2.75) is 26.3 Å². The highest BCUT2D eigenvalue weighted by atomic mass is 16.2. The Morgan fingerprint density at radius 1 is 1.60 bits per heavy atom. The second kappa shape index (κ2) is 5.47. The third-order valence-electron chi connectivity index (χ3n) is 3.48. The monoisotopic (exact) mass is 213 g/mol. The van der Waals surface area contributed by atoms with Gasteiger partial charge in [0.15, 0.2) is 0 Å². The molecule has 88 valence electrons. The Bertz CT molecular complexity index is 220. The molecule has 1 rings (SSSR count). The number of hydrogen-bond donors (Lipinski definition) is 1. The SMILES string of the molecule is CCN(C)C(=O)CN1CCC(C)C1CN. The molecule has 2 unspecified atom stereocenters. The molecule has 0 aromatic heterocycles. The first-order valence-electron chi connectivity index (χ1n) is 5.78. The largest absolute Gasteiger partial charge is 0.345 e. The summed E-state index contributed by atoms with van der Waals surface area (Å²) in [6.07, 6.45) is 1.16. The Labute approximate surface area is 92.4 Å². The Morgan fingerprint density at radius 2 is 2.27 bits per heavy atom. The first-order chi connectivity index (χ1) is 7.10. The zero-order valence-corrected chi connectivity index (χ0v) is 10.1. The quantitative estimate of drug-likeness (QED) is 0.722. The standard InChI is InChI=1S/C11H23N3O/c1-4-13(3)11(15)8-14-6-5-9(2)10(14)7-12/h9-10H,4-8,12H2,1-3H3. The van der Waals surface area contributed by atoms with E-state index in [2.05, 4.69) is 11.8 Å². The maximum atomic E-state index is 11.7. The maximum Gasteiger partial charge on any atom is 0.236 e. The summed E-state index contributed by atoms with van der Waals surface area (Å²) in [5.41, 5.74) is 5.73. The van der Waals surface area contributed by atoms with Crippen LogP contribution in [0.2, 0.25) is 0 Å². The van der Waals surface area contributed by atoms with E-state index in [1.807, 2.05) is 14.0 Å². The maximum absolute atomic E-state index is 11.7. The Hall–Kier alpha value is -0.610. The molecule has 4 heteroatoms. The van der Waals surface area contributed by atoms with Gasteiger partial charge in [-0.25, -0.2) is 0 Å². The number of amides is 1. The molecule has 4 nitrogen and oxygen atoms in total. The van der Waals surface area contributed by atoms with Gasteiger partial charge in [0.25, 0.3) is 0 Å². The van der Waals surface area contributed by atoms with Crippen molar-refractivity contribution in [1.29, 1.82) is 0 Å². The molecular weight excluding hydrogens is 190 g/mol. The van der Waals surface area contributed by atoms with Crippen molar-refractivity contribution in [3.8, 4) is 0 Å². The molecule has 1 saturated heterocycles. The van der Waals surface area contributed by atoms with Gasteiger partial charge < -0.3 is 10.6 Å². The van der Waals surface area contributed by atoms with Gasteiger partial charge in [0.2, 0.25) is 5.91 Å². The third kappa shape index (κ3) is 2.92. The second-order valence-corrected chi connectivity index (χ2v) is 4.45. The van der Waals surface area contributed by atoms with Crippen LogP contribution in [0.1, 0.15) is 20.3 Å². The Kier molecular flexibility index (Phi) is 4.54. The van der Waals surface area contributed by atoms with Crippen LogP contribution >= 0.6 is 0 Å². The Morgan fingerprint density at radius 3 is 2.80 bits per heavy atom. The van der Waals surface area contributed by atoms with Gasteiger partial charge >= 0.3 is 0 Å². The van der Waals surface area contributed by atoms with Gasteiger partial charge in [-0.2, -0.15) is 0 Å². The fourth-order valence-electron chi connectivity index (χ4n) is 2.14. The van der Waals surface area contributed by atoms with Crippen LogP contribution in [0.4, 0.5) is 0 Å². The summed E-state index contributed by atoms with van der Waals surface area (Å²) in [7, 11) is 1.85. The first-order valence-corrected chi connectivity index (χ1v) is 5.78. The summed E-state index contributed by atoms with van der Waals surface area (Å²) in [6.45, 7) is 7.17. The van der Waals surface area contributed by atoms with Crippen molar-refractivity contribution >= 4 is 5.91 Å². The van der Waals surface area contributed by atoms with Gasteiger partial charge in [0.05, 0.1) is 6.54 Å². The van der Waals surface area contributed by atoms with E-state index in [0.717, 1.165) is 19.5 Å². The van der Waals surface area contributed by atoms with Crippen LogP contribution in [0.15, 0.2) is 0 Å². The molecule has 0 radical (unpaired) electrons.